The molecule has 6 heteroatoms. The smallest absolute Gasteiger partial charge is 0.328 e. The van der Waals surface area contributed by atoms with Gasteiger partial charge in [0.05, 0.1) is 0 Å². The van der Waals surface area contributed by atoms with Crippen molar-refractivity contribution in [3.8, 4) is 0 Å². The number of carboxylic acid groups (broad SMARTS) is 1. The Morgan fingerprint density at radius 3 is 2.86 bits per heavy atom. The van der Waals surface area contributed by atoms with Gasteiger partial charge in [-0.3, -0.25) is 9.59 Å². The van der Waals surface area contributed by atoms with Gasteiger partial charge >= 0.3 is 5.97 Å². The van der Waals surface area contributed by atoms with Crippen molar-refractivity contribution < 1.29 is 19.5 Å². The van der Waals surface area contributed by atoms with Gasteiger partial charge in [-0.1, -0.05) is 12.1 Å². The van der Waals surface area contributed by atoms with Crippen molar-refractivity contribution in [2.45, 2.75) is 6.42 Å². The van der Waals surface area contributed by atoms with Gasteiger partial charge in [0.2, 0.25) is 5.91 Å². The van der Waals surface area contributed by atoms with Gasteiger partial charge in [-0.25, -0.2) is 4.79 Å². The van der Waals surface area contributed by atoms with Crippen LogP contribution in [0.2, 0.25) is 0 Å². The number of carbonyl (C=O) groups excluding carboxylic acids is 2. The fourth-order valence-corrected chi connectivity index (χ4v) is 2.10. The number of nitrogens with one attached hydrogen (secondary N) is 1. The maximum absolute atomic E-state index is 12.4. The molecule has 1 fully saturated rings. The summed E-state index contributed by atoms with van der Waals surface area (Å²) < 4.78 is 0. The number of hydrogen-bond donors (Lipinski definition) is 2. The summed E-state index contributed by atoms with van der Waals surface area (Å²) in [5.74, 6) is -1.25. The number of amides is 2. The summed E-state index contributed by atoms with van der Waals surface area (Å²) in [6.45, 7) is 1.31. The molecule has 0 radical (unpaired) electrons. The van der Waals surface area contributed by atoms with Crippen molar-refractivity contribution in [1.29, 1.82) is 0 Å². The lowest BCUT2D eigenvalue weighted by atomic mass is 10.1. The normalized spacial score (nSPS) is 15.6. The van der Waals surface area contributed by atoms with Crippen molar-refractivity contribution in [1.82, 2.24) is 10.2 Å². The largest absolute Gasteiger partial charge is 0.478 e. The molecule has 1 aromatic rings. The Labute approximate surface area is 122 Å². The van der Waals surface area contributed by atoms with E-state index in [0.717, 1.165) is 6.08 Å². The first-order chi connectivity index (χ1) is 10.1. The second-order valence-corrected chi connectivity index (χ2v) is 4.69. The number of carbonyl (C=O) groups is 3. The van der Waals surface area contributed by atoms with Gasteiger partial charge in [-0.2, -0.15) is 0 Å². The molecule has 0 aliphatic carbocycles. The van der Waals surface area contributed by atoms with E-state index in [9.17, 15) is 14.4 Å². The van der Waals surface area contributed by atoms with E-state index < -0.39 is 5.97 Å². The summed E-state index contributed by atoms with van der Waals surface area (Å²) >= 11 is 0. The molecule has 0 atom stereocenters. The Morgan fingerprint density at radius 1 is 1.29 bits per heavy atom. The van der Waals surface area contributed by atoms with Crippen LogP contribution in [0, 0.1) is 0 Å². The molecule has 0 bridgehead atoms. The first-order valence-electron chi connectivity index (χ1n) is 6.63. The zero-order chi connectivity index (χ0) is 15.2. The summed E-state index contributed by atoms with van der Waals surface area (Å²) in [5.41, 5.74) is 1.13. The third-order valence-corrected chi connectivity index (χ3v) is 3.15. The second kappa shape index (κ2) is 6.69. The van der Waals surface area contributed by atoms with Crippen molar-refractivity contribution >= 4 is 23.9 Å². The SMILES string of the molecule is O=C(O)C=Cc1cccc(C(=O)N2CCNC(=O)CC2)c1. The van der Waals surface area contributed by atoms with Gasteiger partial charge in [0.15, 0.2) is 0 Å². The van der Waals surface area contributed by atoms with Crippen LogP contribution in [0.5, 0.6) is 0 Å². The molecule has 1 aliphatic heterocycles. The van der Waals surface area contributed by atoms with E-state index in [1.807, 2.05) is 0 Å². The molecule has 1 aromatic carbocycles. The molecule has 110 valence electrons. The molecule has 0 aromatic heterocycles. The third kappa shape index (κ3) is 4.17. The molecule has 6 nitrogen and oxygen atoms in total. The maximum Gasteiger partial charge on any atom is 0.328 e. The first kappa shape index (κ1) is 14.8. The average Bonchev–Trinajstić information content (AvgIpc) is 2.69. The number of benzene rings is 1. The fourth-order valence-electron chi connectivity index (χ4n) is 2.10. The zero-order valence-electron chi connectivity index (χ0n) is 11.4. The fraction of sp³-hybridized carbons (Fsp3) is 0.267. The van der Waals surface area contributed by atoms with Crippen molar-refractivity contribution in [2.24, 2.45) is 0 Å². The molecule has 21 heavy (non-hydrogen) atoms. The highest BCUT2D eigenvalue weighted by molar-refractivity contribution is 5.95. The number of carboxylic acids is 1. The minimum absolute atomic E-state index is 0.0524. The van der Waals surface area contributed by atoms with Crippen LogP contribution in [-0.4, -0.2) is 47.4 Å². The Kier molecular flexibility index (Phi) is 4.71. The van der Waals surface area contributed by atoms with Crippen LogP contribution < -0.4 is 5.32 Å². The highest BCUT2D eigenvalue weighted by atomic mass is 16.4. The average molecular weight is 288 g/mol. The molecular formula is C15H16N2O4. The van der Waals surface area contributed by atoms with E-state index in [0.29, 0.717) is 37.2 Å². The molecule has 2 rings (SSSR count). The van der Waals surface area contributed by atoms with Crippen LogP contribution in [0.3, 0.4) is 0 Å². The predicted octanol–water partition coefficient (Wildman–Crippen LogP) is 0.746. The first-order valence-corrected chi connectivity index (χ1v) is 6.63. The number of nitrogens with zero attached hydrogens (tertiary/aromatic N) is 1. The Balaban J connectivity index is 2.13. The Hall–Kier alpha value is -2.63. The van der Waals surface area contributed by atoms with Gasteiger partial charge in [-0.05, 0) is 23.8 Å². The topological polar surface area (TPSA) is 86.7 Å². The van der Waals surface area contributed by atoms with Gasteiger partial charge in [-0.15, -0.1) is 0 Å². The monoisotopic (exact) mass is 288 g/mol. The standard InChI is InChI=1S/C15H16N2O4/c18-13-6-8-17(9-7-16-13)15(21)12-3-1-2-11(10-12)4-5-14(19)20/h1-5,10H,6-9H2,(H,16,18)(H,19,20). The van der Waals surface area contributed by atoms with Gasteiger partial charge in [0.1, 0.15) is 0 Å². The highest BCUT2D eigenvalue weighted by Gasteiger charge is 2.19. The lowest BCUT2D eigenvalue weighted by molar-refractivity contribution is -0.131. The van der Waals surface area contributed by atoms with E-state index in [1.165, 1.54) is 6.08 Å². The van der Waals surface area contributed by atoms with Crippen LogP contribution in [0.25, 0.3) is 6.08 Å². The summed E-state index contributed by atoms with van der Waals surface area (Å²) in [7, 11) is 0. The van der Waals surface area contributed by atoms with E-state index in [2.05, 4.69) is 5.32 Å². The third-order valence-electron chi connectivity index (χ3n) is 3.15. The van der Waals surface area contributed by atoms with E-state index in [1.54, 1.807) is 29.2 Å². The van der Waals surface area contributed by atoms with Gasteiger partial charge in [0, 0.05) is 37.7 Å². The molecule has 2 N–H and O–H groups in total. The van der Waals surface area contributed by atoms with Crippen LogP contribution in [0.15, 0.2) is 30.3 Å². The quantitative estimate of drug-likeness (QED) is 0.803. The van der Waals surface area contributed by atoms with Crippen LogP contribution >= 0.6 is 0 Å². The summed E-state index contributed by atoms with van der Waals surface area (Å²) in [6, 6.07) is 6.75. The van der Waals surface area contributed by atoms with E-state index in [-0.39, 0.29) is 11.8 Å². The Bertz CT molecular complexity index is 595. The number of hydrogen-bond acceptors (Lipinski definition) is 3. The zero-order valence-corrected chi connectivity index (χ0v) is 11.4. The number of rotatable bonds is 3. The molecule has 1 heterocycles. The minimum Gasteiger partial charge on any atom is -0.478 e. The highest BCUT2D eigenvalue weighted by Crippen LogP contribution is 2.11. The van der Waals surface area contributed by atoms with E-state index in [4.69, 9.17) is 5.11 Å². The van der Waals surface area contributed by atoms with Crippen molar-refractivity contribution in [3.05, 3.63) is 41.5 Å². The molecular weight excluding hydrogens is 272 g/mol. The summed E-state index contributed by atoms with van der Waals surface area (Å²) in [5, 5.41) is 11.3. The molecule has 0 unspecified atom stereocenters. The van der Waals surface area contributed by atoms with Crippen LogP contribution in [-0.2, 0) is 9.59 Å². The van der Waals surface area contributed by atoms with Gasteiger partial charge < -0.3 is 15.3 Å². The van der Waals surface area contributed by atoms with Gasteiger partial charge in [0.25, 0.3) is 5.91 Å². The predicted molar refractivity (Wildman–Crippen MR) is 76.6 cm³/mol. The summed E-state index contributed by atoms with van der Waals surface area (Å²) in [6.07, 6.45) is 2.76. The lowest BCUT2D eigenvalue weighted by Gasteiger charge is -2.19. The van der Waals surface area contributed by atoms with Crippen molar-refractivity contribution in [2.75, 3.05) is 19.6 Å². The van der Waals surface area contributed by atoms with Crippen LogP contribution in [0.4, 0.5) is 0 Å². The molecule has 1 aliphatic rings. The Morgan fingerprint density at radius 2 is 2.10 bits per heavy atom. The van der Waals surface area contributed by atoms with Crippen molar-refractivity contribution in [3.63, 3.8) is 0 Å². The second-order valence-electron chi connectivity index (χ2n) is 4.69. The maximum atomic E-state index is 12.4. The number of aliphatic carboxylic acids is 1. The van der Waals surface area contributed by atoms with Crippen LogP contribution in [0.1, 0.15) is 22.3 Å². The summed E-state index contributed by atoms with van der Waals surface area (Å²) in [4.78, 5) is 35.8. The minimum atomic E-state index is -1.04. The molecule has 1 saturated heterocycles. The van der Waals surface area contributed by atoms with E-state index >= 15 is 0 Å². The molecule has 2 amide bonds. The molecule has 0 spiro atoms. The lowest BCUT2D eigenvalue weighted by Crippen LogP contribution is -2.34. The molecule has 0 saturated carbocycles.